The van der Waals surface area contributed by atoms with Gasteiger partial charge in [-0.2, -0.15) is 0 Å². The average Bonchev–Trinajstić information content (AvgIpc) is 3.45. The second kappa shape index (κ2) is 11.8. The summed E-state index contributed by atoms with van der Waals surface area (Å²) in [6, 6.07) is 0.320. The summed E-state index contributed by atoms with van der Waals surface area (Å²) in [5, 5.41) is 7.00. The van der Waals surface area contributed by atoms with Crippen LogP contribution in [0.3, 0.4) is 0 Å². The van der Waals surface area contributed by atoms with E-state index in [-0.39, 0.29) is 113 Å². The highest BCUT2D eigenvalue weighted by Gasteiger charge is 2.66. The van der Waals surface area contributed by atoms with Gasteiger partial charge in [-0.15, -0.1) is 0 Å². The lowest BCUT2D eigenvalue weighted by molar-refractivity contribution is -0.552. The van der Waals surface area contributed by atoms with Crippen molar-refractivity contribution in [2.75, 3.05) is 21.2 Å². The quantitative estimate of drug-likeness (QED) is 0.226. The Balaban J connectivity index is 0.000000252. The van der Waals surface area contributed by atoms with Crippen molar-refractivity contribution in [2.45, 2.75) is 73.9 Å². The molecule has 0 aromatic heterocycles. The van der Waals surface area contributed by atoms with Crippen LogP contribution in [0.1, 0.15) is 61.8 Å². The number of allylic oxidation sites excluding steroid dienone is 2. The summed E-state index contributed by atoms with van der Waals surface area (Å²) in [5.74, 6) is -0.416. The Kier molecular flexibility index (Phi) is 10.2. The van der Waals surface area contributed by atoms with Crippen molar-refractivity contribution < 1.29 is 57.4 Å². The monoisotopic (exact) mass is 667 g/mol. The smallest absolute Gasteiger partial charge is 0.171 e. The summed E-state index contributed by atoms with van der Waals surface area (Å²) >= 11 is 0. The van der Waals surface area contributed by atoms with Crippen LogP contribution in [0, 0.1) is 46.3 Å². The number of fused-ring (bicyclic) bond motifs is 6. The molecule has 6 rings (SSSR count). The minimum Gasteiger partial charge on any atom is -1.00 e. The number of carbonyl (C=O) groups excluding carboxylic acids is 4. The van der Waals surface area contributed by atoms with Crippen molar-refractivity contribution in [2.24, 2.45) is 46.3 Å². The number of hydrogen-bond donors (Lipinski definition) is 1. The van der Waals surface area contributed by atoms with Gasteiger partial charge in [-0.3, -0.25) is 19.2 Å². The molecule has 4 saturated carbocycles. The van der Waals surface area contributed by atoms with Crippen LogP contribution >= 0.6 is 0 Å². The average molecular weight is 668 g/mol. The van der Waals surface area contributed by atoms with E-state index in [1.54, 1.807) is 13.8 Å². The molecule has 0 amide bonds. The fraction of sp³-hybridized carbons (Fsp3) is 0.688. The number of ketones is 4. The van der Waals surface area contributed by atoms with Crippen molar-refractivity contribution in [3.63, 3.8) is 0 Å². The molecule has 0 aromatic rings. The fourth-order valence-electron chi connectivity index (χ4n) is 9.11. The molecule has 0 bridgehead atoms. The number of aliphatic hydroxyl groups is 1. The van der Waals surface area contributed by atoms with Gasteiger partial charge in [0.05, 0.1) is 23.7 Å². The number of carbonyl (C=O) groups is 4. The normalized spacial score (nSPS) is 42.1. The number of hydrogen-bond acceptors (Lipinski definition) is 5. The molecule has 40 heavy (non-hydrogen) atoms. The van der Waals surface area contributed by atoms with E-state index in [1.165, 1.54) is 11.1 Å². The van der Waals surface area contributed by atoms with Gasteiger partial charge in [0.2, 0.25) is 0 Å². The van der Waals surface area contributed by atoms with Crippen LogP contribution in [0.2, 0.25) is 0 Å². The van der Waals surface area contributed by atoms with E-state index in [1.807, 2.05) is 14.1 Å². The molecule has 4 aliphatic carbocycles. The van der Waals surface area contributed by atoms with E-state index in [2.05, 4.69) is 61.4 Å². The molecule has 0 aromatic carbocycles. The zero-order valence-electron chi connectivity index (χ0n) is 24.7. The molecule has 222 valence electrons. The first-order valence-corrected chi connectivity index (χ1v) is 13.8. The summed E-state index contributed by atoms with van der Waals surface area (Å²) in [6.45, 7) is 12.1. The second-order valence-electron chi connectivity index (χ2n) is 13.0. The highest BCUT2D eigenvalue weighted by molar-refractivity contribution is 6.12. The van der Waals surface area contributed by atoms with Gasteiger partial charge >= 0.3 is 0 Å². The van der Waals surface area contributed by atoms with Gasteiger partial charge in [0.25, 0.3) is 0 Å². The Morgan fingerprint density at radius 2 is 1.00 bits per heavy atom. The van der Waals surface area contributed by atoms with Crippen molar-refractivity contribution in [1.82, 2.24) is 0 Å². The third-order valence-corrected chi connectivity index (χ3v) is 10.1. The number of Topliss-reactive ketones (excluding diaryl/α,β-unsaturated/α-hetero) is 4. The molecular formula is C32H48IN2O5+. The Morgan fingerprint density at radius 1 is 0.700 bits per heavy atom. The first-order chi connectivity index (χ1) is 17.7. The predicted molar refractivity (Wildman–Crippen MR) is 152 cm³/mol. The lowest BCUT2D eigenvalue weighted by Gasteiger charge is -2.30. The topological polar surface area (TPSA) is 94.5 Å². The molecular weight excluding hydrogens is 619 g/mol. The first kappa shape index (κ1) is 34.4. The van der Waals surface area contributed by atoms with Crippen LogP contribution in [0.25, 0.3) is 0 Å². The van der Waals surface area contributed by atoms with Crippen molar-refractivity contribution in [1.29, 1.82) is 0 Å². The number of halogens is 1. The lowest BCUT2D eigenvalue weighted by Crippen LogP contribution is -3.00. The van der Waals surface area contributed by atoms with E-state index < -0.39 is 0 Å². The lowest BCUT2D eigenvalue weighted by atomic mass is 9.77. The summed E-state index contributed by atoms with van der Waals surface area (Å²) in [4.78, 5) is 49.1. The molecule has 4 fully saturated rings. The van der Waals surface area contributed by atoms with Crippen LogP contribution in [-0.4, -0.2) is 83.1 Å². The Morgan fingerprint density at radius 3 is 1.30 bits per heavy atom. The first-order valence-electron chi connectivity index (χ1n) is 13.8. The molecule has 2 unspecified atom stereocenters. The van der Waals surface area contributed by atoms with E-state index >= 15 is 0 Å². The van der Waals surface area contributed by atoms with E-state index in [4.69, 9.17) is 5.11 Å². The minimum atomic E-state index is -0.384. The van der Waals surface area contributed by atoms with Gasteiger partial charge in [0, 0.05) is 40.9 Å². The molecule has 0 saturated heterocycles. The summed E-state index contributed by atoms with van der Waals surface area (Å²) in [7, 11) is 5.06. The maximum absolute atomic E-state index is 12.3. The van der Waals surface area contributed by atoms with Gasteiger partial charge in [-0.1, -0.05) is 19.6 Å². The van der Waals surface area contributed by atoms with Crippen molar-refractivity contribution in [3.05, 3.63) is 23.3 Å². The molecule has 1 N–H and O–H groups in total. The van der Waals surface area contributed by atoms with Gasteiger partial charge in [0.1, 0.15) is 25.7 Å². The third-order valence-electron chi connectivity index (χ3n) is 10.1. The summed E-state index contributed by atoms with van der Waals surface area (Å²) in [5.41, 5.74) is 2.39. The van der Waals surface area contributed by atoms with Crippen LogP contribution in [0.5, 0.6) is 0 Å². The Bertz CT molecular complexity index is 1140. The predicted octanol–water partition coefficient (Wildman–Crippen LogP) is 0.165. The molecule has 2 heterocycles. The van der Waals surface area contributed by atoms with E-state index in [0.717, 1.165) is 20.0 Å². The maximum atomic E-state index is 12.3. The molecule has 0 spiro atoms. The molecule has 2 aliphatic heterocycles. The van der Waals surface area contributed by atoms with E-state index in [9.17, 15) is 19.2 Å². The largest absolute Gasteiger partial charge is 1.00 e. The van der Waals surface area contributed by atoms with Crippen molar-refractivity contribution >= 4 is 35.6 Å². The zero-order chi connectivity index (χ0) is 28.5. The van der Waals surface area contributed by atoms with Gasteiger partial charge in [0.15, 0.2) is 36.1 Å². The number of nitrogens with zero attached hydrogens (tertiary/aromatic N) is 2. The number of rotatable bonds is 0. The Hall–Kier alpha value is -1.81. The van der Waals surface area contributed by atoms with Crippen LogP contribution in [0.4, 0.5) is 0 Å². The van der Waals surface area contributed by atoms with Gasteiger partial charge in [-0.05, 0) is 54.4 Å². The molecule has 8 heteroatoms. The number of aliphatic hydroxyl groups excluding tert-OH is 1. The Labute approximate surface area is 256 Å². The third kappa shape index (κ3) is 5.05. The van der Waals surface area contributed by atoms with Crippen LogP contribution < -0.4 is 24.0 Å². The fourth-order valence-corrected chi connectivity index (χ4v) is 9.11. The second-order valence-corrected chi connectivity index (χ2v) is 13.0. The molecule has 6 aliphatic rings. The van der Waals surface area contributed by atoms with Gasteiger partial charge < -0.3 is 29.1 Å². The van der Waals surface area contributed by atoms with Crippen molar-refractivity contribution in [3.8, 4) is 0 Å². The molecule has 10 atom stereocenters. The SMILES string of the molecule is C.CC1=C[C@]2(C)C[C@@H]3C(=O)C(C)C(=O)[C@@H]3[C@@H]2[N+](C)=C1.CC1=C[C@]2(C)C[C@@H]3C(=O)C(C)C(=O)[C@@H]3[C@@H]2[N+](C)=C1.CO.[I-]. The minimum absolute atomic E-state index is 0. The highest BCUT2D eigenvalue weighted by Crippen LogP contribution is 2.55. The molecule has 0 radical (unpaired) electrons. The maximum Gasteiger partial charge on any atom is 0.171 e. The van der Waals surface area contributed by atoms with Crippen LogP contribution in [-0.2, 0) is 19.2 Å². The van der Waals surface area contributed by atoms with Gasteiger partial charge in [-0.25, -0.2) is 9.15 Å². The highest BCUT2D eigenvalue weighted by atomic mass is 127. The summed E-state index contributed by atoms with van der Waals surface area (Å²) in [6.07, 6.45) is 10.3. The summed E-state index contributed by atoms with van der Waals surface area (Å²) < 4.78 is 4.31. The standard InChI is InChI=1S/2C15H20NO2.CH4O.CH4.HI/c2*1-8-5-15(3)6-10-11(14(15)16(4)7-8)13(18)9(2)12(10)17;1-2;;/h2*5,7,9-11,14H,6H2,1-4H3;2H,1H3;1H4;1H/q2*+1;;;/p-1/t2*9?,10-,11+,14-,15+;;;/m00.../s1. The molecule has 7 nitrogen and oxygen atoms in total. The zero-order valence-corrected chi connectivity index (χ0v) is 26.9. The van der Waals surface area contributed by atoms with E-state index in [0.29, 0.717) is 0 Å². The van der Waals surface area contributed by atoms with Crippen LogP contribution in [0.15, 0.2) is 23.3 Å².